The van der Waals surface area contributed by atoms with Crippen molar-refractivity contribution in [3.05, 3.63) is 18.2 Å². The molecule has 0 aromatic heterocycles. The van der Waals surface area contributed by atoms with Gasteiger partial charge in [0.15, 0.2) is 0 Å². The number of nitrogens with zero attached hydrogens (tertiary/aromatic N) is 2. The fourth-order valence-electron chi connectivity index (χ4n) is 1.62. The number of sulfonamides is 1. The van der Waals surface area contributed by atoms with Gasteiger partial charge in [-0.05, 0) is 12.1 Å². The van der Waals surface area contributed by atoms with Gasteiger partial charge in [-0.15, -0.1) is 0 Å². The molecular formula is C11H17N3O3S. The molecule has 0 heterocycles. The molecular weight excluding hydrogens is 254 g/mol. The van der Waals surface area contributed by atoms with Crippen LogP contribution in [0.5, 0.6) is 5.75 Å². The molecule has 0 radical (unpaired) electrons. The maximum Gasteiger partial charge on any atom is 0.243 e. The van der Waals surface area contributed by atoms with E-state index in [1.54, 1.807) is 13.8 Å². The van der Waals surface area contributed by atoms with Gasteiger partial charge in [0.2, 0.25) is 10.0 Å². The molecule has 0 amide bonds. The van der Waals surface area contributed by atoms with Crippen LogP contribution in [0.2, 0.25) is 0 Å². The zero-order valence-corrected chi connectivity index (χ0v) is 11.5. The average Bonchev–Trinajstić information content (AvgIpc) is 2.38. The van der Waals surface area contributed by atoms with Crippen LogP contribution in [0.25, 0.3) is 0 Å². The lowest BCUT2D eigenvalue weighted by atomic mass is 10.3. The summed E-state index contributed by atoms with van der Waals surface area (Å²) >= 11 is 0. The van der Waals surface area contributed by atoms with E-state index in [1.807, 2.05) is 0 Å². The van der Waals surface area contributed by atoms with Crippen LogP contribution in [0.1, 0.15) is 13.8 Å². The number of rotatable bonds is 6. The Morgan fingerprint density at radius 3 is 2.39 bits per heavy atom. The molecule has 0 fully saturated rings. The fourth-order valence-corrected chi connectivity index (χ4v) is 3.10. The topological polar surface area (TPSA) is 82.8 Å². The van der Waals surface area contributed by atoms with Crippen LogP contribution in [0.15, 0.2) is 28.2 Å². The first-order valence-electron chi connectivity index (χ1n) is 5.56. The highest BCUT2D eigenvalue weighted by atomic mass is 32.2. The number of methoxy groups -OCH3 is 1. The van der Waals surface area contributed by atoms with Gasteiger partial charge in [-0.2, -0.15) is 9.42 Å². The lowest BCUT2D eigenvalue weighted by molar-refractivity contribution is 0.412. The van der Waals surface area contributed by atoms with E-state index in [0.29, 0.717) is 18.8 Å². The molecule has 0 atom stereocenters. The highest BCUT2D eigenvalue weighted by molar-refractivity contribution is 7.89. The Morgan fingerprint density at radius 2 is 1.94 bits per heavy atom. The highest BCUT2D eigenvalue weighted by Gasteiger charge is 2.22. The largest absolute Gasteiger partial charge is 0.494 e. The summed E-state index contributed by atoms with van der Waals surface area (Å²) < 4.78 is 30.9. The Hall–Kier alpha value is -1.47. The predicted octanol–water partition coefficient (Wildman–Crippen LogP) is 2.39. The van der Waals surface area contributed by atoms with Crippen LogP contribution in [-0.4, -0.2) is 32.9 Å². The Kier molecular flexibility index (Phi) is 4.80. The number of benzene rings is 1. The first kappa shape index (κ1) is 14.6. The lowest BCUT2D eigenvalue weighted by Gasteiger charge is -2.18. The van der Waals surface area contributed by atoms with Crippen LogP contribution in [0, 0.1) is 5.53 Å². The van der Waals surface area contributed by atoms with Gasteiger partial charge < -0.3 is 4.74 Å². The van der Waals surface area contributed by atoms with Gasteiger partial charge in [0.25, 0.3) is 0 Å². The monoisotopic (exact) mass is 271 g/mol. The minimum absolute atomic E-state index is 0.149. The molecule has 6 nitrogen and oxygen atoms in total. The molecule has 0 aliphatic rings. The smallest absolute Gasteiger partial charge is 0.243 e. The van der Waals surface area contributed by atoms with E-state index in [0.717, 1.165) is 0 Å². The zero-order valence-electron chi connectivity index (χ0n) is 10.7. The van der Waals surface area contributed by atoms with Crippen molar-refractivity contribution in [2.75, 3.05) is 20.2 Å². The van der Waals surface area contributed by atoms with Crippen LogP contribution in [-0.2, 0) is 10.0 Å². The van der Waals surface area contributed by atoms with Crippen LogP contribution >= 0.6 is 0 Å². The number of hydrogen-bond acceptors (Lipinski definition) is 5. The van der Waals surface area contributed by atoms with Crippen molar-refractivity contribution in [1.82, 2.24) is 4.31 Å². The molecule has 0 unspecified atom stereocenters. The molecule has 0 saturated heterocycles. The maximum absolute atomic E-state index is 12.3. The molecule has 0 spiro atoms. The summed E-state index contributed by atoms with van der Waals surface area (Å²) in [7, 11) is -2.09. The Morgan fingerprint density at radius 1 is 1.33 bits per heavy atom. The maximum atomic E-state index is 12.3. The van der Waals surface area contributed by atoms with Crippen LogP contribution in [0.3, 0.4) is 0 Å². The van der Waals surface area contributed by atoms with Gasteiger partial charge in [-0.3, -0.25) is 0 Å². The molecule has 1 rings (SSSR count). The minimum atomic E-state index is -3.51. The van der Waals surface area contributed by atoms with Crippen molar-refractivity contribution in [2.24, 2.45) is 5.11 Å². The van der Waals surface area contributed by atoms with E-state index in [-0.39, 0.29) is 10.6 Å². The number of hydrogen-bond donors (Lipinski definition) is 1. The third kappa shape index (κ3) is 2.68. The summed E-state index contributed by atoms with van der Waals surface area (Å²) in [5.74, 6) is 0.276. The van der Waals surface area contributed by atoms with Gasteiger partial charge in [0.05, 0.1) is 12.0 Å². The fraction of sp³-hybridized carbons (Fsp3) is 0.455. The minimum Gasteiger partial charge on any atom is -0.494 e. The van der Waals surface area contributed by atoms with Gasteiger partial charge in [-0.25, -0.2) is 13.9 Å². The zero-order chi connectivity index (χ0) is 13.8. The summed E-state index contributed by atoms with van der Waals surface area (Å²) in [5, 5.41) is 3.27. The van der Waals surface area contributed by atoms with Crippen LogP contribution < -0.4 is 4.74 Å². The normalized spacial score (nSPS) is 11.6. The molecule has 18 heavy (non-hydrogen) atoms. The van der Waals surface area contributed by atoms with E-state index < -0.39 is 10.0 Å². The van der Waals surface area contributed by atoms with E-state index in [2.05, 4.69) is 5.11 Å². The highest BCUT2D eigenvalue weighted by Crippen LogP contribution is 2.30. The van der Waals surface area contributed by atoms with E-state index in [4.69, 9.17) is 10.3 Å². The second kappa shape index (κ2) is 5.92. The van der Waals surface area contributed by atoms with Crippen molar-refractivity contribution in [3.8, 4) is 5.75 Å². The number of nitrogens with one attached hydrogen (secondary N) is 1. The summed E-state index contributed by atoms with van der Waals surface area (Å²) in [6.07, 6.45) is 0. The first-order chi connectivity index (χ1) is 8.51. The second-order valence-electron chi connectivity index (χ2n) is 3.53. The summed E-state index contributed by atoms with van der Waals surface area (Å²) in [6.45, 7) is 4.38. The standard InChI is InChI=1S/C11H17N3O3S/c1-4-14(5-2)18(15,16)9-6-7-10(13-12)11(8-9)17-3/h6-8,12H,4-5H2,1-3H3. The summed E-state index contributed by atoms with van der Waals surface area (Å²) in [5.41, 5.74) is 7.26. The molecule has 1 aromatic rings. The lowest BCUT2D eigenvalue weighted by Crippen LogP contribution is -2.30. The molecule has 0 saturated carbocycles. The predicted molar refractivity (Wildman–Crippen MR) is 67.9 cm³/mol. The van der Waals surface area contributed by atoms with Crippen molar-refractivity contribution in [3.63, 3.8) is 0 Å². The third-order valence-electron chi connectivity index (χ3n) is 2.61. The van der Waals surface area contributed by atoms with Crippen molar-refractivity contribution in [2.45, 2.75) is 18.7 Å². The van der Waals surface area contributed by atoms with Crippen molar-refractivity contribution in [1.29, 1.82) is 5.53 Å². The van der Waals surface area contributed by atoms with Gasteiger partial charge in [-0.1, -0.05) is 13.8 Å². The third-order valence-corrected chi connectivity index (χ3v) is 4.66. The summed E-state index contributed by atoms with van der Waals surface area (Å²) in [6, 6.07) is 4.28. The molecule has 0 bridgehead atoms. The molecule has 100 valence electrons. The van der Waals surface area contributed by atoms with Crippen molar-refractivity contribution >= 4 is 15.7 Å². The Bertz CT molecular complexity index is 524. The number of ether oxygens (including phenoxy) is 1. The molecule has 1 N–H and O–H groups in total. The van der Waals surface area contributed by atoms with Crippen molar-refractivity contribution < 1.29 is 13.2 Å². The summed E-state index contributed by atoms with van der Waals surface area (Å²) in [4.78, 5) is 0.149. The van der Waals surface area contributed by atoms with E-state index >= 15 is 0 Å². The first-order valence-corrected chi connectivity index (χ1v) is 7.00. The van der Waals surface area contributed by atoms with Crippen LogP contribution in [0.4, 0.5) is 5.69 Å². The molecule has 1 aromatic carbocycles. The van der Waals surface area contributed by atoms with Gasteiger partial charge >= 0.3 is 0 Å². The average molecular weight is 271 g/mol. The quantitative estimate of drug-likeness (QED) is 0.806. The van der Waals surface area contributed by atoms with E-state index in [9.17, 15) is 8.42 Å². The SMILES string of the molecule is CCN(CC)S(=O)(=O)c1ccc(N=N)c(OC)c1. The molecule has 0 aliphatic heterocycles. The van der Waals surface area contributed by atoms with Gasteiger partial charge in [0.1, 0.15) is 11.4 Å². The van der Waals surface area contributed by atoms with Gasteiger partial charge in [0, 0.05) is 19.2 Å². The molecule has 7 heteroatoms. The van der Waals surface area contributed by atoms with E-state index in [1.165, 1.54) is 29.6 Å². The molecule has 0 aliphatic carbocycles. The Balaban J connectivity index is 3.29. The second-order valence-corrected chi connectivity index (χ2v) is 5.47. The Labute approximate surface area is 107 Å².